The van der Waals surface area contributed by atoms with Crippen molar-refractivity contribution >= 4 is 0 Å². The molecule has 1 aliphatic rings. The van der Waals surface area contributed by atoms with E-state index in [9.17, 15) is 9.81 Å². The minimum atomic E-state index is 0.196. The number of hydrogen-bond acceptors (Lipinski definition) is 6. The number of rotatable bonds is 2. The van der Waals surface area contributed by atoms with Crippen molar-refractivity contribution in [3.8, 4) is 0 Å². The minimum Gasteiger partial charge on any atom is -0.352 e. The van der Waals surface area contributed by atoms with Gasteiger partial charge in [-0.2, -0.15) is 0 Å². The van der Waals surface area contributed by atoms with Gasteiger partial charge in [-0.1, -0.05) is 6.58 Å². The first-order chi connectivity index (χ1) is 6.27. The molecule has 0 aromatic heterocycles. The molecule has 8 heteroatoms. The average Bonchev–Trinajstić information content (AvgIpc) is 2.13. The molecule has 1 aliphatic heterocycles. The fraction of sp³-hybridized carbons (Fsp3) is 0.600. The third-order valence-electron chi connectivity index (χ3n) is 1.55. The monoisotopic (exact) mass is 186 g/mol. The molecule has 8 nitrogen and oxygen atoms in total. The summed E-state index contributed by atoms with van der Waals surface area (Å²) in [5, 5.41) is 13.3. The maximum atomic E-state index is 10.2. The Morgan fingerprint density at radius 3 is 2.62 bits per heavy atom. The van der Waals surface area contributed by atoms with Crippen LogP contribution in [0.1, 0.15) is 0 Å². The van der Waals surface area contributed by atoms with Gasteiger partial charge < -0.3 is 5.32 Å². The van der Waals surface area contributed by atoms with Crippen molar-refractivity contribution < 1.29 is 0 Å². The molecule has 0 radical (unpaired) electrons. The van der Waals surface area contributed by atoms with E-state index in [1.165, 1.54) is 5.01 Å². The van der Waals surface area contributed by atoms with Crippen LogP contribution in [-0.4, -0.2) is 30.0 Å². The van der Waals surface area contributed by atoms with Gasteiger partial charge in [0.05, 0.1) is 23.9 Å². The molecule has 0 bridgehead atoms. The van der Waals surface area contributed by atoms with E-state index in [-0.39, 0.29) is 20.0 Å². The summed E-state index contributed by atoms with van der Waals surface area (Å²) in [7, 11) is 0. The van der Waals surface area contributed by atoms with E-state index >= 15 is 0 Å². The van der Waals surface area contributed by atoms with Crippen molar-refractivity contribution in [3.63, 3.8) is 0 Å². The summed E-state index contributed by atoms with van der Waals surface area (Å²) in [6.45, 7) is 4.20. The van der Waals surface area contributed by atoms with Crippen LogP contribution in [0.2, 0.25) is 0 Å². The molecule has 0 aromatic carbocycles. The maximum absolute atomic E-state index is 10.2. The van der Waals surface area contributed by atoms with E-state index in [0.717, 1.165) is 5.01 Å². The second-order valence-electron chi connectivity index (χ2n) is 2.42. The van der Waals surface area contributed by atoms with Gasteiger partial charge in [0.15, 0.2) is 0 Å². The van der Waals surface area contributed by atoms with Crippen molar-refractivity contribution in [2.75, 3.05) is 20.0 Å². The van der Waals surface area contributed by atoms with Crippen LogP contribution in [0.15, 0.2) is 23.0 Å². The van der Waals surface area contributed by atoms with E-state index in [2.05, 4.69) is 27.8 Å². The van der Waals surface area contributed by atoms with E-state index in [1.54, 1.807) is 0 Å². The Morgan fingerprint density at radius 2 is 2.00 bits per heavy atom. The minimum absolute atomic E-state index is 0.196. The second-order valence-corrected chi connectivity index (χ2v) is 2.42. The molecule has 72 valence electrons. The van der Waals surface area contributed by atoms with Crippen molar-refractivity contribution in [2.45, 2.75) is 0 Å². The Kier molecular flexibility index (Phi) is 3.15. The van der Waals surface area contributed by atoms with Crippen molar-refractivity contribution in [3.05, 3.63) is 22.2 Å². The standard InChI is InChI=1S/C5H10N6O2/c1-5-7-4-10(8-12)2-6-3-11(5)9-13/h6-7H,1-4H2. The molecular formula is C5H10N6O2. The normalized spacial score (nSPS) is 18.6. The molecule has 1 saturated heterocycles. The lowest BCUT2D eigenvalue weighted by Gasteiger charge is -2.26. The first-order valence-electron chi connectivity index (χ1n) is 3.60. The van der Waals surface area contributed by atoms with Crippen LogP contribution in [0, 0.1) is 9.81 Å². The lowest BCUT2D eigenvalue weighted by molar-refractivity contribution is 0.178. The highest BCUT2D eigenvalue weighted by Crippen LogP contribution is 1.99. The van der Waals surface area contributed by atoms with Crippen molar-refractivity contribution in [2.24, 2.45) is 10.6 Å². The number of nitrogens with zero attached hydrogens (tertiary/aromatic N) is 4. The summed E-state index contributed by atoms with van der Waals surface area (Å²) in [6.07, 6.45) is 0. The molecule has 1 heterocycles. The van der Waals surface area contributed by atoms with Crippen LogP contribution in [0.4, 0.5) is 0 Å². The molecule has 0 amide bonds. The van der Waals surface area contributed by atoms with Gasteiger partial charge in [0.1, 0.15) is 12.5 Å². The number of nitrogens with one attached hydrogen (secondary N) is 2. The lowest BCUT2D eigenvalue weighted by atomic mass is 10.6. The fourth-order valence-corrected chi connectivity index (χ4v) is 0.846. The molecule has 13 heavy (non-hydrogen) atoms. The van der Waals surface area contributed by atoms with Gasteiger partial charge in [0, 0.05) is 0 Å². The first kappa shape index (κ1) is 9.39. The lowest BCUT2D eigenvalue weighted by Crippen LogP contribution is -2.46. The van der Waals surface area contributed by atoms with Gasteiger partial charge in [0.25, 0.3) is 0 Å². The van der Waals surface area contributed by atoms with Crippen LogP contribution >= 0.6 is 0 Å². The second kappa shape index (κ2) is 4.36. The summed E-state index contributed by atoms with van der Waals surface area (Å²) < 4.78 is 0. The summed E-state index contributed by atoms with van der Waals surface area (Å²) in [5.41, 5.74) is 0. The predicted molar refractivity (Wildman–Crippen MR) is 45.3 cm³/mol. The molecular weight excluding hydrogens is 176 g/mol. The largest absolute Gasteiger partial charge is 0.352 e. The molecule has 0 unspecified atom stereocenters. The number of nitroso groups, excluding NO2 is 2. The quantitative estimate of drug-likeness (QED) is 0.564. The fourth-order valence-electron chi connectivity index (χ4n) is 0.846. The van der Waals surface area contributed by atoms with Crippen LogP contribution in [0.5, 0.6) is 0 Å². The molecule has 0 aliphatic carbocycles. The Hall–Kier alpha value is -1.70. The molecule has 2 N–H and O–H groups in total. The van der Waals surface area contributed by atoms with Gasteiger partial charge in [-0.05, 0) is 0 Å². The average molecular weight is 186 g/mol. The van der Waals surface area contributed by atoms with Crippen molar-refractivity contribution in [1.82, 2.24) is 20.7 Å². The van der Waals surface area contributed by atoms with Gasteiger partial charge in [0.2, 0.25) is 0 Å². The third-order valence-corrected chi connectivity index (χ3v) is 1.55. The number of hydrogen-bond donors (Lipinski definition) is 2. The Labute approximate surface area is 74.5 Å². The van der Waals surface area contributed by atoms with E-state index in [4.69, 9.17) is 0 Å². The van der Waals surface area contributed by atoms with Gasteiger partial charge in [-0.3, -0.25) is 5.32 Å². The Morgan fingerprint density at radius 1 is 1.23 bits per heavy atom. The topological polar surface area (TPSA) is 89.4 Å². The van der Waals surface area contributed by atoms with Crippen molar-refractivity contribution in [1.29, 1.82) is 0 Å². The summed E-state index contributed by atoms with van der Waals surface area (Å²) >= 11 is 0. The Bertz CT molecular complexity index is 219. The SMILES string of the molecule is C=C1NCN(N=O)CNCN1N=O. The predicted octanol–water partition coefficient (Wildman–Crippen LogP) is -0.510. The molecule has 0 atom stereocenters. The van der Waals surface area contributed by atoms with Crippen LogP contribution in [0.25, 0.3) is 0 Å². The van der Waals surface area contributed by atoms with Gasteiger partial charge in [-0.25, -0.2) is 10.0 Å². The van der Waals surface area contributed by atoms with E-state index < -0.39 is 0 Å². The van der Waals surface area contributed by atoms with E-state index in [0.29, 0.717) is 5.82 Å². The highest BCUT2D eigenvalue weighted by Gasteiger charge is 2.12. The highest BCUT2D eigenvalue weighted by atomic mass is 16.3. The van der Waals surface area contributed by atoms with Crippen LogP contribution in [0.3, 0.4) is 0 Å². The molecule has 0 spiro atoms. The maximum Gasteiger partial charge on any atom is 0.121 e. The Balaban J connectivity index is 2.52. The highest BCUT2D eigenvalue weighted by molar-refractivity contribution is 4.89. The van der Waals surface area contributed by atoms with Gasteiger partial charge >= 0.3 is 0 Å². The zero-order chi connectivity index (χ0) is 9.68. The molecule has 1 fully saturated rings. The zero-order valence-corrected chi connectivity index (χ0v) is 6.93. The smallest absolute Gasteiger partial charge is 0.121 e. The summed E-state index contributed by atoms with van der Waals surface area (Å²) in [6, 6.07) is 0. The molecule has 1 rings (SSSR count). The zero-order valence-electron chi connectivity index (χ0n) is 6.93. The summed E-state index contributed by atoms with van der Waals surface area (Å²) in [4.78, 5) is 20.4. The van der Waals surface area contributed by atoms with Crippen LogP contribution < -0.4 is 10.6 Å². The molecule has 0 aromatic rings. The third kappa shape index (κ3) is 2.37. The van der Waals surface area contributed by atoms with Crippen LogP contribution in [-0.2, 0) is 0 Å². The van der Waals surface area contributed by atoms with Gasteiger partial charge in [-0.15, -0.1) is 9.81 Å². The first-order valence-corrected chi connectivity index (χ1v) is 3.60. The molecule has 0 saturated carbocycles. The summed E-state index contributed by atoms with van der Waals surface area (Å²) in [5.74, 6) is 0.329. The van der Waals surface area contributed by atoms with E-state index in [1.807, 2.05) is 0 Å².